The van der Waals surface area contributed by atoms with Gasteiger partial charge in [0.15, 0.2) is 0 Å². The first-order valence-electron chi connectivity index (χ1n) is 6.84. The van der Waals surface area contributed by atoms with Crippen molar-refractivity contribution in [3.05, 3.63) is 65.9 Å². The Morgan fingerprint density at radius 1 is 1.09 bits per heavy atom. The zero-order valence-electron chi connectivity index (χ0n) is 12.0. The van der Waals surface area contributed by atoms with Crippen molar-refractivity contribution >= 4 is 28.4 Å². The molecule has 0 radical (unpaired) electrons. The van der Waals surface area contributed by atoms with E-state index in [1.807, 2.05) is 12.1 Å². The van der Waals surface area contributed by atoms with E-state index in [1.54, 1.807) is 18.2 Å². The van der Waals surface area contributed by atoms with Crippen molar-refractivity contribution in [3.8, 4) is 5.75 Å². The zero-order chi connectivity index (χ0) is 16.4. The van der Waals surface area contributed by atoms with Crippen LogP contribution < -0.4 is 11.1 Å². The highest BCUT2D eigenvalue weighted by Gasteiger charge is 2.14. The summed E-state index contributed by atoms with van der Waals surface area (Å²) in [4.78, 5) is 27.4. The number of nitrogens with two attached hydrogens (primary N) is 1. The fraction of sp³-hybridized carbons (Fsp3) is 0. The number of benzene rings is 2. The van der Waals surface area contributed by atoms with Crippen molar-refractivity contribution < 1.29 is 14.7 Å². The van der Waals surface area contributed by atoms with Gasteiger partial charge in [0.25, 0.3) is 5.91 Å². The molecular weight excluding hydrogens is 294 g/mol. The largest absolute Gasteiger partial charge is 0.506 e. The Hall–Kier alpha value is -3.41. The molecule has 0 saturated heterocycles. The topological polar surface area (TPSA) is 105 Å². The molecule has 114 valence electrons. The molecule has 0 atom stereocenters. The second kappa shape index (κ2) is 5.76. The Bertz CT molecular complexity index is 922. The van der Waals surface area contributed by atoms with Gasteiger partial charge in [0.2, 0.25) is 5.91 Å². The summed E-state index contributed by atoms with van der Waals surface area (Å²) in [5.41, 5.74) is 5.55. The van der Waals surface area contributed by atoms with Crippen LogP contribution in [0.2, 0.25) is 0 Å². The van der Waals surface area contributed by atoms with Crippen LogP contribution in [0.3, 0.4) is 0 Å². The molecule has 1 aromatic heterocycles. The average Bonchev–Trinajstić information content (AvgIpc) is 2.55. The molecule has 2 aromatic carbocycles. The summed E-state index contributed by atoms with van der Waals surface area (Å²) in [6.45, 7) is 0. The highest BCUT2D eigenvalue weighted by atomic mass is 16.3. The number of fused-ring (bicyclic) bond motifs is 1. The van der Waals surface area contributed by atoms with Gasteiger partial charge in [-0.25, -0.2) is 4.98 Å². The van der Waals surface area contributed by atoms with Gasteiger partial charge < -0.3 is 16.2 Å². The number of rotatable bonds is 3. The zero-order valence-corrected chi connectivity index (χ0v) is 12.0. The molecule has 0 fully saturated rings. The summed E-state index contributed by atoms with van der Waals surface area (Å²) in [5, 5.41) is 14.2. The maximum atomic E-state index is 12.3. The van der Waals surface area contributed by atoms with Gasteiger partial charge in [0.05, 0.1) is 5.56 Å². The van der Waals surface area contributed by atoms with Gasteiger partial charge in [-0.15, -0.1) is 0 Å². The summed E-state index contributed by atoms with van der Waals surface area (Å²) in [5.74, 6) is -1.07. The number of carbonyl (C=O) groups is 2. The molecule has 6 nitrogen and oxygen atoms in total. The molecule has 4 N–H and O–H groups in total. The SMILES string of the molecule is NC(=O)c1ccnc(NC(=O)c2ccc3ccccc3c2O)c1. The van der Waals surface area contributed by atoms with E-state index in [9.17, 15) is 14.7 Å². The van der Waals surface area contributed by atoms with Crippen LogP contribution in [0, 0.1) is 0 Å². The molecule has 6 heteroatoms. The van der Waals surface area contributed by atoms with E-state index < -0.39 is 11.8 Å². The predicted octanol–water partition coefficient (Wildman–Crippen LogP) is 2.29. The van der Waals surface area contributed by atoms with E-state index in [4.69, 9.17) is 5.73 Å². The molecule has 0 spiro atoms. The van der Waals surface area contributed by atoms with Crippen LogP contribution in [0.4, 0.5) is 5.82 Å². The van der Waals surface area contributed by atoms with Crippen LogP contribution in [-0.2, 0) is 0 Å². The Balaban J connectivity index is 1.93. The van der Waals surface area contributed by atoms with Crippen LogP contribution in [0.15, 0.2) is 54.7 Å². The maximum absolute atomic E-state index is 12.3. The molecule has 0 saturated carbocycles. The van der Waals surface area contributed by atoms with Crippen molar-refractivity contribution in [1.82, 2.24) is 4.98 Å². The smallest absolute Gasteiger partial charge is 0.260 e. The van der Waals surface area contributed by atoms with Gasteiger partial charge in [-0.3, -0.25) is 9.59 Å². The lowest BCUT2D eigenvalue weighted by Crippen LogP contribution is -2.15. The average molecular weight is 307 g/mol. The number of hydrogen-bond donors (Lipinski definition) is 3. The van der Waals surface area contributed by atoms with E-state index in [0.29, 0.717) is 5.39 Å². The minimum atomic E-state index is -0.614. The van der Waals surface area contributed by atoms with E-state index >= 15 is 0 Å². The number of phenolic OH excluding ortho intramolecular Hbond substituents is 1. The summed E-state index contributed by atoms with van der Waals surface area (Å²) in [6.07, 6.45) is 1.37. The van der Waals surface area contributed by atoms with E-state index in [0.717, 1.165) is 5.39 Å². The van der Waals surface area contributed by atoms with Crippen molar-refractivity contribution in [2.24, 2.45) is 5.73 Å². The van der Waals surface area contributed by atoms with Crippen molar-refractivity contribution in [2.75, 3.05) is 5.32 Å². The Morgan fingerprint density at radius 2 is 1.87 bits per heavy atom. The number of amides is 2. The standard InChI is InChI=1S/C17H13N3O3/c18-16(22)11-7-8-19-14(9-11)20-17(23)13-6-5-10-3-1-2-4-12(10)15(13)21/h1-9,21H,(H2,18,22)(H,19,20,23). The minimum absolute atomic E-state index is 0.105. The third-order valence-electron chi connectivity index (χ3n) is 3.43. The number of nitrogens with one attached hydrogen (secondary N) is 1. The van der Waals surface area contributed by atoms with Crippen molar-refractivity contribution in [1.29, 1.82) is 0 Å². The first-order valence-corrected chi connectivity index (χ1v) is 6.84. The first-order chi connectivity index (χ1) is 11.1. The molecule has 0 aliphatic carbocycles. The number of primary amides is 1. The normalized spacial score (nSPS) is 10.4. The Kier molecular flexibility index (Phi) is 3.64. The second-order valence-electron chi connectivity index (χ2n) is 4.93. The summed E-state index contributed by atoms with van der Waals surface area (Å²) in [6, 6.07) is 13.3. The molecule has 3 aromatic rings. The maximum Gasteiger partial charge on any atom is 0.260 e. The summed E-state index contributed by atoms with van der Waals surface area (Å²) < 4.78 is 0. The fourth-order valence-corrected chi connectivity index (χ4v) is 2.27. The van der Waals surface area contributed by atoms with E-state index in [2.05, 4.69) is 10.3 Å². The Morgan fingerprint density at radius 3 is 2.65 bits per heavy atom. The minimum Gasteiger partial charge on any atom is -0.506 e. The third-order valence-corrected chi connectivity index (χ3v) is 3.43. The number of pyridine rings is 1. The molecule has 1 heterocycles. The third kappa shape index (κ3) is 2.82. The number of aromatic hydroxyl groups is 1. The molecular formula is C17H13N3O3. The van der Waals surface area contributed by atoms with Gasteiger partial charge in [0.1, 0.15) is 11.6 Å². The van der Waals surface area contributed by atoms with Crippen molar-refractivity contribution in [3.63, 3.8) is 0 Å². The molecule has 2 amide bonds. The molecule has 0 aliphatic rings. The highest BCUT2D eigenvalue weighted by molar-refractivity contribution is 6.09. The molecule has 0 aliphatic heterocycles. The van der Waals surface area contributed by atoms with Crippen LogP contribution in [-0.4, -0.2) is 21.9 Å². The highest BCUT2D eigenvalue weighted by Crippen LogP contribution is 2.29. The number of aromatic nitrogens is 1. The molecule has 3 rings (SSSR count). The predicted molar refractivity (Wildman–Crippen MR) is 86.3 cm³/mol. The van der Waals surface area contributed by atoms with Crippen LogP contribution in [0.1, 0.15) is 20.7 Å². The monoisotopic (exact) mass is 307 g/mol. The number of phenols is 1. The lowest BCUT2D eigenvalue weighted by Gasteiger charge is -2.09. The van der Waals surface area contributed by atoms with Gasteiger partial charge >= 0.3 is 0 Å². The number of anilines is 1. The van der Waals surface area contributed by atoms with Gasteiger partial charge in [-0.2, -0.15) is 0 Å². The first kappa shape index (κ1) is 14.5. The van der Waals surface area contributed by atoms with E-state index in [1.165, 1.54) is 24.4 Å². The van der Waals surface area contributed by atoms with Gasteiger partial charge in [-0.1, -0.05) is 30.3 Å². The second-order valence-corrected chi connectivity index (χ2v) is 4.93. The molecule has 23 heavy (non-hydrogen) atoms. The van der Waals surface area contributed by atoms with E-state index in [-0.39, 0.29) is 22.7 Å². The van der Waals surface area contributed by atoms with Gasteiger partial charge in [-0.05, 0) is 23.6 Å². The van der Waals surface area contributed by atoms with Crippen LogP contribution in [0.25, 0.3) is 10.8 Å². The number of carbonyl (C=O) groups excluding carboxylic acids is 2. The quantitative estimate of drug-likeness (QED) is 0.690. The molecule has 0 bridgehead atoms. The van der Waals surface area contributed by atoms with Crippen molar-refractivity contribution in [2.45, 2.75) is 0 Å². The van der Waals surface area contributed by atoms with Crippen LogP contribution >= 0.6 is 0 Å². The van der Waals surface area contributed by atoms with Crippen LogP contribution in [0.5, 0.6) is 5.75 Å². The lowest BCUT2D eigenvalue weighted by atomic mass is 10.0. The van der Waals surface area contributed by atoms with Gasteiger partial charge in [0, 0.05) is 17.1 Å². The fourth-order valence-electron chi connectivity index (χ4n) is 2.27. The number of hydrogen-bond acceptors (Lipinski definition) is 4. The number of nitrogens with zero attached hydrogens (tertiary/aromatic N) is 1. The lowest BCUT2D eigenvalue weighted by molar-refractivity contribution is 0.0995. The summed E-state index contributed by atoms with van der Waals surface area (Å²) >= 11 is 0. The Labute approximate surface area is 131 Å². The molecule has 0 unspecified atom stereocenters. The summed E-state index contributed by atoms with van der Waals surface area (Å²) in [7, 11) is 0.